The molecular formula is C18H17F3O. The van der Waals surface area contributed by atoms with Crippen LogP contribution < -0.4 is 4.74 Å². The molecule has 1 fully saturated rings. The fourth-order valence-corrected chi connectivity index (χ4v) is 2.28. The summed E-state index contributed by atoms with van der Waals surface area (Å²) < 4.78 is 43.6. The van der Waals surface area contributed by atoms with Crippen molar-refractivity contribution in [2.24, 2.45) is 5.92 Å². The lowest BCUT2D eigenvalue weighted by Crippen LogP contribution is -2.04. The van der Waals surface area contributed by atoms with Gasteiger partial charge in [0.15, 0.2) is 0 Å². The molecule has 0 aliphatic heterocycles. The minimum Gasteiger partial charge on any atom is -0.493 e. The van der Waals surface area contributed by atoms with Crippen LogP contribution in [0.25, 0.3) is 11.1 Å². The molecule has 1 saturated carbocycles. The van der Waals surface area contributed by atoms with Gasteiger partial charge in [0.1, 0.15) is 5.75 Å². The zero-order valence-corrected chi connectivity index (χ0v) is 12.3. The van der Waals surface area contributed by atoms with Gasteiger partial charge in [-0.05, 0) is 60.6 Å². The van der Waals surface area contributed by atoms with Crippen molar-refractivity contribution in [2.45, 2.75) is 25.9 Å². The second-order valence-corrected chi connectivity index (χ2v) is 5.81. The molecular weight excluding hydrogens is 289 g/mol. The Morgan fingerprint density at radius 2 is 1.64 bits per heavy atom. The summed E-state index contributed by atoms with van der Waals surface area (Å²) in [5.74, 6) is 1.47. The average molecular weight is 306 g/mol. The molecule has 0 radical (unpaired) electrons. The number of ether oxygens (including phenoxy) is 1. The Labute approximate surface area is 127 Å². The van der Waals surface area contributed by atoms with E-state index in [2.05, 4.69) is 0 Å². The number of hydrogen-bond acceptors (Lipinski definition) is 1. The molecule has 0 heterocycles. The van der Waals surface area contributed by atoms with E-state index in [0.717, 1.165) is 41.2 Å². The van der Waals surface area contributed by atoms with Crippen LogP contribution in [0.3, 0.4) is 0 Å². The first-order valence-corrected chi connectivity index (χ1v) is 7.34. The Balaban J connectivity index is 1.82. The Kier molecular flexibility index (Phi) is 3.85. The maximum atomic E-state index is 12.6. The van der Waals surface area contributed by atoms with Gasteiger partial charge in [0.2, 0.25) is 0 Å². The monoisotopic (exact) mass is 306 g/mol. The van der Waals surface area contributed by atoms with E-state index in [1.54, 1.807) is 0 Å². The zero-order valence-electron chi connectivity index (χ0n) is 12.3. The molecule has 1 aliphatic rings. The number of hydrogen-bond donors (Lipinski definition) is 0. The molecule has 0 spiro atoms. The van der Waals surface area contributed by atoms with Gasteiger partial charge in [-0.25, -0.2) is 0 Å². The Morgan fingerprint density at radius 3 is 2.23 bits per heavy atom. The molecule has 2 aromatic carbocycles. The van der Waals surface area contributed by atoms with Crippen molar-refractivity contribution < 1.29 is 17.9 Å². The van der Waals surface area contributed by atoms with Crippen molar-refractivity contribution in [2.75, 3.05) is 6.61 Å². The van der Waals surface area contributed by atoms with E-state index >= 15 is 0 Å². The number of halogens is 3. The lowest BCUT2D eigenvalue weighted by Gasteiger charge is -2.12. The van der Waals surface area contributed by atoms with E-state index in [-0.39, 0.29) is 0 Å². The molecule has 116 valence electrons. The van der Waals surface area contributed by atoms with Crippen molar-refractivity contribution in [3.8, 4) is 16.9 Å². The highest BCUT2D eigenvalue weighted by Gasteiger charge is 2.30. The molecule has 0 saturated heterocycles. The van der Waals surface area contributed by atoms with Crippen LogP contribution >= 0.6 is 0 Å². The standard InChI is InChI=1S/C18H17F3O/c1-12-2-5-15(10-17(12)22-11-13-3-4-13)14-6-8-16(9-7-14)18(19,20)21/h2,5-10,13H,3-4,11H2,1H3. The van der Waals surface area contributed by atoms with Crippen LogP contribution in [0.5, 0.6) is 5.75 Å². The summed E-state index contributed by atoms with van der Waals surface area (Å²) >= 11 is 0. The fourth-order valence-electron chi connectivity index (χ4n) is 2.28. The van der Waals surface area contributed by atoms with Gasteiger partial charge in [-0.1, -0.05) is 24.3 Å². The van der Waals surface area contributed by atoms with E-state index in [0.29, 0.717) is 5.92 Å². The summed E-state index contributed by atoms with van der Waals surface area (Å²) in [4.78, 5) is 0. The van der Waals surface area contributed by atoms with Crippen molar-refractivity contribution in [1.82, 2.24) is 0 Å². The SMILES string of the molecule is Cc1ccc(-c2ccc(C(F)(F)F)cc2)cc1OCC1CC1. The van der Waals surface area contributed by atoms with E-state index < -0.39 is 11.7 Å². The van der Waals surface area contributed by atoms with Crippen LogP contribution in [0, 0.1) is 12.8 Å². The normalized spacial score (nSPS) is 14.9. The van der Waals surface area contributed by atoms with Crippen LogP contribution in [0.4, 0.5) is 13.2 Å². The van der Waals surface area contributed by atoms with E-state index in [1.807, 2.05) is 25.1 Å². The molecule has 0 atom stereocenters. The number of aryl methyl sites for hydroxylation is 1. The van der Waals surface area contributed by atoms with Crippen LogP contribution in [0.2, 0.25) is 0 Å². The molecule has 0 aromatic heterocycles. The van der Waals surface area contributed by atoms with Crippen LogP contribution in [0.15, 0.2) is 42.5 Å². The summed E-state index contributed by atoms with van der Waals surface area (Å²) in [7, 11) is 0. The molecule has 22 heavy (non-hydrogen) atoms. The van der Waals surface area contributed by atoms with Gasteiger partial charge in [-0.2, -0.15) is 13.2 Å². The molecule has 0 unspecified atom stereocenters. The van der Waals surface area contributed by atoms with Crippen LogP contribution in [0.1, 0.15) is 24.0 Å². The predicted octanol–water partition coefficient (Wildman–Crippen LogP) is 5.47. The third kappa shape index (κ3) is 3.43. The van der Waals surface area contributed by atoms with Crippen molar-refractivity contribution in [1.29, 1.82) is 0 Å². The van der Waals surface area contributed by atoms with Crippen LogP contribution in [-0.4, -0.2) is 6.61 Å². The topological polar surface area (TPSA) is 9.23 Å². The first kappa shape index (κ1) is 14.9. The van der Waals surface area contributed by atoms with Gasteiger partial charge in [0.05, 0.1) is 12.2 Å². The van der Waals surface area contributed by atoms with Gasteiger partial charge in [-0.15, -0.1) is 0 Å². The second-order valence-electron chi connectivity index (χ2n) is 5.81. The van der Waals surface area contributed by atoms with E-state index in [1.165, 1.54) is 25.0 Å². The highest BCUT2D eigenvalue weighted by molar-refractivity contribution is 5.66. The lowest BCUT2D eigenvalue weighted by molar-refractivity contribution is -0.137. The lowest BCUT2D eigenvalue weighted by atomic mass is 10.0. The Bertz CT molecular complexity index is 655. The highest BCUT2D eigenvalue weighted by Crippen LogP contribution is 2.34. The van der Waals surface area contributed by atoms with Gasteiger partial charge in [0.25, 0.3) is 0 Å². The molecule has 2 aromatic rings. The molecule has 0 N–H and O–H groups in total. The van der Waals surface area contributed by atoms with Crippen LogP contribution in [-0.2, 0) is 6.18 Å². The number of rotatable bonds is 4. The van der Waals surface area contributed by atoms with Crippen molar-refractivity contribution in [3.63, 3.8) is 0 Å². The molecule has 1 aliphatic carbocycles. The largest absolute Gasteiger partial charge is 0.493 e. The number of benzene rings is 2. The highest BCUT2D eigenvalue weighted by atomic mass is 19.4. The smallest absolute Gasteiger partial charge is 0.416 e. The van der Waals surface area contributed by atoms with Gasteiger partial charge in [0, 0.05) is 0 Å². The fraction of sp³-hybridized carbons (Fsp3) is 0.333. The van der Waals surface area contributed by atoms with E-state index in [9.17, 15) is 13.2 Å². The van der Waals surface area contributed by atoms with Crippen molar-refractivity contribution in [3.05, 3.63) is 53.6 Å². The van der Waals surface area contributed by atoms with Crippen molar-refractivity contribution >= 4 is 0 Å². The molecule has 4 heteroatoms. The molecule has 0 amide bonds. The zero-order chi connectivity index (χ0) is 15.7. The minimum atomic E-state index is -4.30. The summed E-state index contributed by atoms with van der Waals surface area (Å²) in [6.45, 7) is 2.69. The summed E-state index contributed by atoms with van der Waals surface area (Å²) in [5, 5.41) is 0. The van der Waals surface area contributed by atoms with E-state index in [4.69, 9.17) is 4.74 Å². The first-order chi connectivity index (χ1) is 10.4. The predicted molar refractivity (Wildman–Crippen MR) is 79.8 cm³/mol. The average Bonchev–Trinajstić information content (AvgIpc) is 3.30. The minimum absolute atomic E-state index is 0.631. The Hall–Kier alpha value is -1.97. The summed E-state index contributed by atoms with van der Waals surface area (Å²) in [6.07, 6.45) is -1.86. The molecule has 3 rings (SSSR count). The second kappa shape index (κ2) is 5.67. The number of alkyl halides is 3. The Morgan fingerprint density at radius 1 is 1.00 bits per heavy atom. The molecule has 0 bridgehead atoms. The quantitative estimate of drug-likeness (QED) is 0.728. The molecule has 1 nitrogen and oxygen atoms in total. The third-order valence-electron chi connectivity index (χ3n) is 3.91. The first-order valence-electron chi connectivity index (χ1n) is 7.34. The summed E-state index contributed by atoms with van der Waals surface area (Å²) in [6, 6.07) is 11.0. The van der Waals surface area contributed by atoms with Gasteiger partial charge < -0.3 is 4.74 Å². The summed E-state index contributed by atoms with van der Waals surface area (Å²) in [5.41, 5.74) is 2.03. The van der Waals surface area contributed by atoms with Gasteiger partial charge >= 0.3 is 6.18 Å². The third-order valence-corrected chi connectivity index (χ3v) is 3.91. The maximum Gasteiger partial charge on any atom is 0.416 e. The van der Waals surface area contributed by atoms with Gasteiger partial charge in [-0.3, -0.25) is 0 Å². The maximum absolute atomic E-state index is 12.6.